The van der Waals surface area contributed by atoms with Gasteiger partial charge < -0.3 is 20.1 Å². The Morgan fingerprint density at radius 1 is 0.769 bits per heavy atom. The molecule has 0 unspecified atom stereocenters. The van der Waals surface area contributed by atoms with Gasteiger partial charge in [-0.25, -0.2) is 0 Å². The SMILES string of the molecule is CCCCCCCCCCCCCCC(=O)Oc1cc(O)c(O)c(O)c1. The van der Waals surface area contributed by atoms with Crippen LogP contribution in [0.25, 0.3) is 0 Å². The molecule has 0 amide bonds. The minimum Gasteiger partial charge on any atom is -0.504 e. The monoisotopic (exact) mass is 366 g/mol. The van der Waals surface area contributed by atoms with Crippen molar-refractivity contribution in [2.24, 2.45) is 0 Å². The van der Waals surface area contributed by atoms with Gasteiger partial charge in [0, 0.05) is 18.6 Å². The lowest BCUT2D eigenvalue weighted by Gasteiger charge is -2.07. The molecule has 1 rings (SSSR count). The van der Waals surface area contributed by atoms with E-state index in [1.807, 2.05) is 0 Å². The minimum atomic E-state index is -0.620. The van der Waals surface area contributed by atoms with Gasteiger partial charge in [-0.05, 0) is 6.42 Å². The smallest absolute Gasteiger partial charge is 0.311 e. The molecule has 0 fully saturated rings. The van der Waals surface area contributed by atoms with E-state index in [1.54, 1.807) is 0 Å². The number of carbonyl (C=O) groups excluding carboxylic acids is 1. The second-order valence-electron chi connectivity index (χ2n) is 6.92. The molecule has 0 aromatic heterocycles. The largest absolute Gasteiger partial charge is 0.504 e. The van der Waals surface area contributed by atoms with Crippen LogP contribution in [0.4, 0.5) is 0 Å². The molecular formula is C21H34O5. The van der Waals surface area contributed by atoms with Crippen LogP contribution in [0.5, 0.6) is 23.0 Å². The number of phenolic OH excluding ortho intramolecular Hbond substituents is 3. The summed E-state index contributed by atoms with van der Waals surface area (Å²) in [7, 11) is 0. The summed E-state index contributed by atoms with van der Waals surface area (Å²) in [6.45, 7) is 2.24. The first-order valence-corrected chi connectivity index (χ1v) is 10.00. The summed E-state index contributed by atoms with van der Waals surface area (Å²) < 4.78 is 5.06. The van der Waals surface area contributed by atoms with E-state index in [0.29, 0.717) is 6.42 Å². The van der Waals surface area contributed by atoms with Crippen molar-refractivity contribution in [3.8, 4) is 23.0 Å². The van der Waals surface area contributed by atoms with Gasteiger partial charge in [0.2, 0.25) is 5.75 Å². The van der Waals surface area contributed by atoms with Gasteiger partial charge in [0.15, 0.2) is 11.5 Å². The second-order valence-corrected chi connectivity index (χ2v) is 6.92. The number of phenols is 3. The van der Waals surface area contributed by atoms with Crippen molar-refractivity contribution in [1.82, 2.24) is 0 Å². The standard InChI is InChI=1S/C21H34O5/c1-2-3-4-5-6-7-8-9-10-11-12-13-14-20(24)26-17-15-18(22)21(25)19(23)16-17/h15-16,22-23,25H,2-14H2,1H3. The fourth-order valence-corrected chi connectivity index (χ4v) is 2.93. The molecule has 5 nitrogen and oxygen atoms in total. The molecule has 0 aliphatic rings. The van der Waals surface area contributed by atoms with Gasteiger partial charge in [-0.15, -0.1) is 0 Å². The fourth-order valence-electron chi connectivity index (χ4n) is 2.93. The highest BCUT2D eigenvalue weighted by atomic mass is 16.5. The summed E-state index contributed by atoms with van der Waals surface area (Å²) in [5.74, 6) is -2.02. The first-order valence-electron chi connectivity index (χ1n) is 10.00. The number of ether oxygens (including phenoxy) is 1. The average molecular weight is 366 g/mol. The number of hydrogen-bond acceptors (Lipinski definition) is 5. The lowest BCUT2D eigenvalue weighted by atomic mass is 10.0. The number of aromatic hydroxyl groups is 3. The molecule has 0 radical (unpaired) electrons. The zero-order valence-corrected chi connectivity index (χ0v) is 16.0. The number of carbonyl (C=O) groups is 1. The van der Waals surface area contributed by atoms with E-state index in [2.05, 4.69) is 6.92 Å². The Bertz CT molecular complexity index is 504. The topological polar surface area (TPSA) is 87.0 Å². The number of rotatable bonds is 14. The molecule has 26 heavy (non-hydrogen) atoms. The summed E-state index contributed by atoms with van der Waals surface area (Å²) >= 11 is 0. The van der Waals surface area contributed by atoms with Gasteiger partial charge in [0.1, 0.15) is 5.75 Å². The molecule has 5 heteroatoms. The van der Waals surface area contributed by atoms with E-state index in [1.165, 1.54) is 57.8 Å². The van der Waals surface area contributed by atoms with Crippen LogP contribution in [-0.2, 0) is 4.79 Å². The van der Waals surface area contributed by atoms with Crippen LogP contribution < -0.4 is 4.74 Å². The Morgan fingerprint density at radius 3 is 1.65 bits per heavy atom. The zero-order valence-electron chi connectivity index (χ0n) is 16.0. The van der Waals surface area contributed by atoms with Gasteiger partial charge >= 0.3 is 5.97 Å². The molecule has 0 spiro atoms. The predicted octanol–water partition coefficient (Wildman–Crippen LogP) is 5.80. The molecule has 3 N–H and O–H groups in total. The first-order chi connectivity index (χ1) is 12.5. The molecule has 0 atom stereocenters. The van der Waals surface area contributed by atoms with Crippen molar-refractivity contribution in [3.05, 3.63) is 12.1 Å². The fraction of sp³-hybridized carbons (Fsp3) is 0.667. The van der Waals surface area contributed by atoms with E-state index in [9.17, 15) is 20.1 Å². The summed E-state index contributed by atoms with van der Waals surface area (Å²) in [5.41, 5.74) is 0. The summed E-state index contributed by atoms with van der Waals surface area (Å²) in [4.78, 5) is 11.8. The summed E-state index contributed by atoms with van der Waals surface area (Å²) in [6.07, 6.45) is 15.1. The second kappa shape index (κ2) is 13.3. The average Bonchev–Trinajstić information content (AvgIpc) is 2.60. The summed E-state index contributed by atoms with van der Waals surface area (Å²) in [5, 5.41) is 28.0. The maximum Gasteiger partial charge on any atom is 0.311 e. The Kier molecular flexibility index (Phi) is 11.3. The number of benzene rings is 1. The predicted molar refractivity (Wildman–Crippen MR) is 103 cm³/mol. The van der Waals surface area contributed by atoms with E-state index in [4.69, 9.17) is 4.74 Å². The maximum atomic E-state index is 11.8. The molecule has 1 aromatic carbocycles. The molecule has 0 aliphatic carbocycles. The van der Waals surface area contributed by atoms with Gasteiger partial charge in [0.25, 0.3) is 0 Å². The summed E-state index contributed by atoms with van der Waals surface area (Å²) in [6, 6.07) is 2.21. The lowest BCUT2D eigenvalue weighted by Crippen LogP contribution is -2.07. The van der Waals surface area contributed by atoms with Crippen LogP contribution in [0.1, 0.15) is 90.4 Å². The van der Waals surface area contributed by atoms with Crippen LogP contribution in [-0.4, -0.2) is 21.3 Å². The Labute approximate surface area is 157 Å². The Balaban J connectivity index is 2.00. The van der Waals surface area contributed by atoms with Crippen LogP contribution >= 0.6 is 0 Å². The number of unbranched alkanes of at least 4 members (excludes halogenated alkanes) is 11. The van der Waals surface area contributed by atoms with Gasteiger partial charge in [0.05, 0.1) is 0 Å². The molecule has 0 bridgehead atoms. The minimum absolute atomic E-state index is 0.0294. The Hall–Kier alpha value is -1.91. The molecular weight excluding hydrogens is 332 g/mol. The van der Waals surface area contributed by atoms with Crippen LogP contribution in [0, 0.1) is 0 Å². The van der Waals surface area contributed by atoms with Crippen molar-refractivity contribution in [1.29, 1.82) is 0 Å². The maximum absolute atomic E-state index is 11.8. The highest BCUT2D eigenvalue weighted by Gasteiger charge is 2.11. The highest BCUT2D eigenvalue weighted by Crippen LogP contribution is 2.38. The van der Waals surface area contributed by atoms with Gasteiger partial charge in [-0.1, -0.05) is 77.6 Å². The van der Waals surface area contributed by atoms with Gasteiger partial charge in [-0.3, -0.25) is 4.79 Å². The van der Waals surface area contributed by atoms with Crippen molar-refractivity contribution in [2.75, 3.05) is 0 Å². The van der Waals surface area contributed by atoms with E-state index in [-0.39, 0.29) is 5.75 Å². The highest BCUT2D eigenvalue weighted by molar-refractivity contribution is 5.73. The molecule has 0 heterocycles. The normalized spacial score (nSPS) is 10.8. The number of hydrogen-bond donors (Lipinski definition) is 3. The molecule has 0 saturated carbocycles. The van der Waals surface area contributed by atoms with Crippen LogP contribution in [0.2, 0.25) is 0 Å². The van der Waals surface area contributed by atoms with E-state index in [0.717, 1.165) is 31.4 Å². The Morgan fingerprint density at radius 2 is 1.19 bits per heavy atom. The zero-order chi connectivity index (χ0) is 19.2. The number of esters is 1. The quantitative estimate of drug-likeness (QED) is 0.168. The van der Waals surface area contributed by atoms with E-state index < -0.39 is 23.2 Å². The molecule has 148 valence electrons. The van der Waals surface area contributed by atoms with Crippen LogP contribution in [0.3, 0.4) is 0 Å². The van der Waals surface area contributed by atoms with Crippen molar-refractivity contribution >= 4 is 5.97 Å². The van der Waals surface area contributed by atoms with Crippen molar-refractivity contribution in [3.63, 3.8) is 0 Å². The van der Waals surface area contributed by atoms with Gasteiger partial charge in [-0.2, -0.15) is 0 Å². The first kappa shape index (κ1) is 22.1. The molecule has 0 aliphatic heterocycles. The third-order valence-corrected chi connectivity index (χ3v) is 4.51. The van der Waals surface area contributed by atoms with Crippen LogP contribution in [0.15, 0.2) is 12.1 Å². The third-order valence-electron chi connectivity index (χ3n) is 4.51. The molecule has 0 saturated heterocycles. The lowest BCUT2D eigenvalue weighted by molar-refractivity contribution is -0.134. The van der Waals surface area contributed by atoms with Crippen molar-refractivity contribution < 1.29 is 24.9 Å². The molecule has 1 aromatic rings. The van der Waals surface area contributed by atoms with E-state index >= 15 is 0 Å². The van der Waals surface area contributed by atoms with Crippen molar-refractivity contribution in [2.45, 2.75) is 90.4 Å². The third kappa shape index (κ3) is 9.54.